The second-order valence-corrected chi connectivity index (χ2v) is 4.81. The van der Waals surface area contributed by atoms with E-state index in [1.165, 1.54) is 6.07 Å². The minimum absolute atomic E-state index is 0.0175. The maximum Gasteiger partial charge on any atom is 0.416 e. The van der Waals surface area contributed by atoms with Gasteiger partial charge in [0.1, 0.15) is 0 Å². The predicted molar refractivity (Wildman–Crippen MR) is 72.0 cm³/mol. The normalized spacial score (nSPS) is 11.2. The van der Waals surface area contributed by atoms with Crippen LogP contribution in [0.2, 0.25) is 0 Å². The van der Waals surface area contributed by atoms with Crippen molar-refractivity contribution in [1.29, 1.82) is 0 Å². The molecule has 0 fully saturated rings. The molecule has 5 nitrogen and oxygen atoms in total. The highest BCUT2D eigenvalue weighted by molar-refractivity contribution is 9.10. The summed E-state index contributed by atoms with van der Waals surface area (Å²) in [6.45, 7) is 0. The lowest BCUT2D eigenvalue weighted by Gasteiger charge is -2.10. The number of aromatic nitrogens is 2. The smallest absolute Gasteiger partial charge is 0.305 e. The fraction of sp³-hybridized carbons (Fsp3) is 0.0833. The number of benzene rings is 1. The van der Waals surface area contributed by atoms with Gasteiger partial charge >= 0.3 is 6.18 Å². The molecule has 0 saturated heterocycles. The SMILES string of the molecule is O=C(Nc1ccc(=O)[nH]n1)c1cc(C(F)(F)F)ccc1Br. The fourth-order valence-electron chi connectivity index (χ4n) is 1.47. The first-order chi connectivity index (χ1) is 9.77. The van der Waals surface area contributed by atoms with E-state index in [-0.39, 0.29) is 15.9 Å². The molecule has 1 amide bonds. The Hall–Kier alpha value is -2.16. The predicted octanol–water partition coefficient (Wildman–Crippen LogP) is 2.80. The molecule has 0 aliphatic rings. The summed E-state index contributed by atoms with van der Waals surface area (Å²) < 4.78 is 38.1. The second-order valence-electron chi connectivity index (χ2n) is 3.95. The van der Waals surface area contributed by atoms with E-state index in [0.29, 0.717) is 0 Å². The van der Waals surface area contributed by atoms with Crippen LogP contribution < -0.4 is 10.9 Å². The summed E-state index contributed by atoms with van der Waals surface area (Å²) in [5.74, 6) is -0.767. The summed E-state index contributed by atoms with van der Waals surface area (Å²) in [6, 6.07) is 5.09. The highest BCUT2D eigenvalue weighted by Crippen LogP contribution is 2.32. The minimum atomic E-state index is -4.55. The largest absolute Gasteiger partial charge is 0.416 e. The molecule has 0 unspecified atom stereocenters. The third-order valence-electron chi connectivity index (χ3n) is 2.46. The number of alkyl halides is 3. The van der Waals surface area contributed by atoms with Crippen molar-refractivity contribution in [3.63, 3.8) is 0 Å². The highest BCUT2D eigenvalue weighted by atomic mass is 79.9. The molecule has 0 radical (unpaired) electrons. The molecule has 1 aromatic carbocycles. The number of H-pyrrole nitrogens is 1. The van der Waals surface area contributed by atoms with Crippen LogP contribution in [-0.2, 0) is 6.18 Å². The summed E-state index contributed by atoms with van der Waals surface area (Å²) in [4.78, 5) is 22.8. The number of carbonyl (C=O) groups excluding carboxylic acids is 1. The van der Waals surface area contributed by atoms with Gasteiger partial charge in [-0.2, -0.15) is 18.3 Å². The van der Waals surface area contributed by atoms with Gasteiger partial charge in [-0.15, -0.1) is 0 Å². The molecule has 9 heteroatoms. The zero-order valence-corrected chi connectivity index (χ0v) is 11.7. The number of nitrogens with zero attached hydrogens (tertiary/aromatic N) is 1. The van der Waals surface area contributed by atoms with E-state index in [1.807, 2.05) is 0 Å². The maximum atomic E-state index is 12.6. The van der Waals surface area contributed by atoms with E-state index in [4.69, 9.17) is 0 Å². The molecular formula is C12H7BrF3N3O2. The lowest BCUT2D eigenvalue weighted by molar-refractivity contribution is -0.137. The average Bonchev–Trinajstić information content (AvgIpc) is 2.40. The third kappa shape index (κ3) is 3.69. The van der Waals surface area contributed by atoms with Crippen LogP contribution >= 0.6 is 15.9 Å². The van der Waals surface area contributed by atoms with Crippen LogP contribution in [0.4, 0.5) is 19.0 Å². The second kappa shape index (κ2) is 5.68. The molecule has 1 aromatic heterocycles. The highest BCUT2D eigenvalue weighted by Gasteiger charge is 2.31. The van der Waals surface area contributed by atoms with E-state index in [2.05, 4.69) is 31.4 Å². The standard InChI is InChI=1S/C12H7BrF3N3O2/c13-8-2-1-6(12(14,15)16)5-7(8)11(21)17-9-3-4-10(20)19-18-9/h1-5H,(H,19,20)(H,17,18,21). The Labute approximate surface area is 124 Å². The molecule has 1 heterocycles. The Kier molecular flexibility index (Phi) is 4.12. The summed E-state index contributed by atoms with van der Waals surface area (Å²) >= 11 is 3.02. The van der Waals surface area contributed by atoms with Crippen LogP contribution in [0.15, 0.2) is 39.6 Å². The van der Waals surface area contributed by atoms with Gasteiger partial charge in [-0.3, -0.25) is 9.59 Å². The number of carbonyl (C=O) groups is 1. The minimum Gasteiger partial charge on any atom is -0.305 e. The number of hydrogen-bond donors (Lipinski definition) is 2. The van der Waals surface area contributed by atoms with Gasteiger partial charge in [-0.1, -0.05) is 0 Å². The topological polar surface area (TPSA) is 74.8 Å². The number of nitrogens with one attached hydrogen (secondary N) is 2. The molecule has 2 rings (SSSR count). The van der Waals surface area contributed by atoms with Gasteiger partial charge in [0.2, 0.25) is 0 Å². The third-order valence-corrected chi connectivity index (χ3v) is 3.15. The van der Waals surface area contributed by atoms with Crippen LogP contribution in [0.1, 0.15) is 15.9 Å². The van der Waals surface area contributed by atoms with Crippen LogP contribution in [0.5, 0.6) is 0 Å². The molecular weight excluding hydrogens is 355 g/mol. The van der Waals surface area contributed by atoms with E-state index < -0.39 is 23.2 Å². The molecule has 2 N–H and O–H groups in total. The van der Waals surface area contributed by atoms with Gasteiger partial charge in [0.25, 0.3) is 11.5 Å². The number of halogens is 4. The van der Waals surface area contributed by atoms with Crippen LogP contribution in [-0.4, -0.2) is 16.1 Å². The zero-order chi connectivity index (χ0) is 15.6. The zero-order valence-electron chi connectivity index (χ0n) is 10.2. The van der Waals surface area contributed by atoms with Gasteiger partial charge in [-0.25, -0.2) is 5.10 Å². The van der Waals surface area contributed by atoms with Crippen molar-refractivity contribution < 1.29 is 18.0 Å². The quantitative estimate of drug-likeness (QED) is 0.863. The van der Waals surface area contributed by atoms with Crippen molar-refractivity contribution in [2.24, 2.45) is 0 Å². The molecule has 0 saturated carbocycles. The van der Waals surface area contributed by atoms with Gasteiger partial charge < -0.3 is 5.32 Å². The Balaban J connectivity index is 2.30. The summed E-state index contributed by atoms with van der Waals surface area (Å²) in [6.07, 6.45) is -4.55. The molecule has 0 bridgehead atoms. The Morgan fingerprint density at radius 3 is 2.52 bits per heavy atom. The van der Waals surface area contributed by atoms with Crippen molar-refractivity contribution in [2.45, 2.75) is 6.18 Å². The first kappa shape index (κ1) is 15.2. The van der Waals surface area contributed by atoms with E-state index >= 15 is 0 Å². The first-order valence-electron chi connectivity index (χ1n) is 5.51. The average molecular weight is 362 g/mol. The summed E-state index contributed by atoms with van der Waals surface area (Å²) in [5.41, 5.74) is -1.60. The number of rotatable bonds is 2. The van der Waals surface area contributed by atoms with E-state index in [0.717, 1.165) is 24.3 Å². The molecule has 0 aliphatic carbocycles. The summed E-state index contributed by atoms with van der Waals surface area (Å²) in [7, 11) is 0. The van der Waals surface area contributed by atoms with Gasteiger partial charge in [-0.05, 0) is 40.2 Å². The number of anilines is 1. The number of aromatic amines is 1. The molecule has 0 aliphatic heterocycles. The van der Waals surface area contributed by atoms with E-state index in [9.17, 15) is 22.8 Å². The number of amides is 1. The van der Waals surface area contributed by atoms with Crippen LogP contribution in [0, 0.1) is 0 Å². The van der Waals surface area contributed by atoms with Crippen LogP contribution in [0.25, 0.3) is 0 Å². The Morgan fingerprint density at radius 2 is 1.95 bits per heavy atom. The molecule has 21 heavy (non-hydrogen) atoms. The van der Waals surface area contributed by atoms with Crippen LogP contribution in [0.3, 0.4) is 0 Å². The molecule has 0 atom stereocenters. The fourth-order valence-corrected chi connectivity index (χ4v) is 1.90. The molecule has 0 spiro atoms. The summed E-state index contributed by atoms with van der Waals surface area (Å²) in [5, 5.41) is 7.92. The van der Waals surface area contributed by atoms with Crippen molar-refractivity contribution in [1.82, 2.24) is 10.2 Å². The van der Waals surface area contributed by atoms with Crippen molar-refractivity contribution in [2.75, 3.05) is 5.32 Å². The van der Waals surface area contributed by atoms with Gasteiger partial charge in [0.05, 0.1) is 11.1 Å². The van der Waals surface area contributed by atoms with Crippen molar-refractivity contribution in [3.8, 4) is 0 Å². The first-order valence-corrected chi connectivity index (χ1v) is 6.30. The lowest BCUT2D eigenvalue weighted by Crippen LogP contribution is -2.17. The molecule has 2 aromatic rings. The Morgan fingerprint density at radius 1 is 1.24 bits per heavy atom. The Bertz CT molecular complexity index is 723. The van der Waals surface area contributed by atoms with Crippen molar-refractivity contribution in [3.05, 3.63) is 56.3 Å². The van der Waals surface area contributed by atoms with Crippen molar-refractivity contribution >= 4 is 27.7 Å². The molecule has 110 valence electrons. The van der Waals surface area contributed by atoms with Gasteiger partial charge in [0, 0.05) is 10.5 Å². The number of hydrogen-bond acceptors (Lipinski definition) is 3. The maximum absolute atomic E-state index is 12.6. The monoisotopic (exact) mass is 361 g/mol. The lowest BCUT2D eigenvalue weighted by atomic mass is 10.1. The van der Waals surface area contributed by atoms with E-state index in [1.54, 1.807) is 0 Å². The van der Waals surface area contributed by atoms with Gasteiger partial charge in [0.15, 0.2) is 5.82 Å².